The van der Waals surface area contributed by atoms with Gasteiger partial charge in [-0.15, -0.1) is 6.58 Å². The van der Waals surface area contributed by atoms with Crippen LogP contribution in [-0.4, -0.2) is 22.9 Å². The highest BCUT2D eigenvalue weighted by atomic mass is 28.4. The summed E-state index contributed by atoms with van der Waals surface area (Å²) in [5, 5.41) is 0. The summed E-state index contributed by atoms with van der Waals surface area (Å²) in [7, 11) is 2.03. The van der Waals surface area contributed by atoms with Gasteiger partial charge in [-0.25, -0.2) is 0 Å². The van der Waals surface area contributed by atoms with E-state index in [0.29, 0.717) is 0 Å². The van der Waals surface area contributed by atoms with Crippen LogP contribution in [0.5, 0.6) is 0 Å². The molecule has 0 spiro atoms. The first-order valence-electron chi connectivity index (χ1n) is 2.81. The van der Waals surface area contributed by atoms with Gasteiger partial charge in [-0.05, 0) is 19.3 Å². The van der Waals surface area contributed by atoms with Crippen molar-refractivity contribution in [2.24, 2.45) is 0 Å². The Kier molecular flexibility index (Phi) is 2.93. The van der Waals surface area contributed by atoms with E-state index in [-0.39, 0.29) is 0 Å². The van der Waals surface area contributed by atoms with Crippen molar-refractivity contribution in [1.29, 1.82) is 0 Å². The lowest BCUT2D eigenvalue weighted by Gasteiger charge is -2.28. The van der Waals surface area contributed by atoms with Crippen LogP contribution in [0.1, 0.15) is 0 Å². The molecule has 0 atom stereocenters. The molecule has 0 N–H and O–H groups in total. The van der Waals surface area contributed by atoms with Crippen molar-refractivity contribution < 1.29 is 0 Å². The SMILES string of the molecule is C=CN([Si])[Si](C)(C)C=C. The largest absolute Gasteiger partial charge is 0.430 e. The minimum atomic E-state index is -1.39. The van der Waals surface area contributed by atoms with Crippen molar-refractivity contribution in [3.05, 3.63) is 25.1 Å². The lowest BCUT2D eigenvalue weighted by atomic mass is 11.1. The molecule has 0 aliphatic carbocycles. The van der Waals surface area contributed by atoms with Gasteiger partial charge in [-0.3, -0.25) is 0 Å². The van der Waals surface area contributed by atoms with Gasteiger partial charge >= 0.3 is 0 Å². The predicted molar refractivity (Wildman–Crippen MR) is 45.5 cm³/mol. The molecule has 0 aromatic carbocycles. The molecule has 0 aliphatic rings. The molecule has 9 heavy (non-hydrogen) atoms. The topological polar surface area (TPSA) is 3.24 Å². The van der Waals surface area contributed by atoms with Gasteiger partial charge in [0, 0.05) is 0 Å². The van der Waals surface area contributed by atoms with Crippen LogP contribution in [-0.2, 0) is 0 Å². The van der Waals surface area contributed by atoms with Crippen molar-refractivity contribution in [1.82, 2.24) is 4.23 Å². The summed E-state index contributed by atoms with van der Waals surface area (Å²) in [6.45, 7) is 11.7. The smallest absolute Gasteiger partial charge is 0.179 e. The molecule has 49 valence electrons. The fourth-order valence-corrected chi connectivity index (χ4v) is 1.27. The van der Waals surface area contributed by atoms with E-state index in [4.69, 9.17) is 0 Å². The summed E-state index contributed by atoms with van der Waals surface area (Å²) >= 11 is 0. The zero-order valence-corrected chi connectivity index (χ0v) is 8.02. The molecular weight excluding hydrogens is 142 g/mol. The Hall–Kier alpha value is -0.286. The van der Waals surface area contributed by atoms with E-state index >= 15 is 0 Å². The predicted octanol–water partition coefficient (Wildman–Crippen LogP) is 1.45. The Labute approximate surface area is 61.7 Å². The molecule has 0 aromatic heterocycles. The summed E-state index contributed by atoms with van der Waals surface area (Å²) in [5.41, 5.74) is 1.99. The van der Waals surface area contributed by atoms with Gasteiger partial charge in [-0.1, -0.05) is 12.3 Å². The van der Waals surface area contributed by atoms with Crippen molar-refractivity contribution in [2.45, 2.75) is 13.1 Å². The number of hydrogen-bond acceptors (Lipinski definition) is 1. The molecular formula is C6H12NSi2. The quantitative estimate of drug-likeness (QED) is 0.556. The maximum Gasteiger partial charge on any atom is 0.179 e. The van der Waals surface area contributed by atoms with E-state index in [0.717, 1.165) is 0 Å². The van der Waals surface area contributed by atoms with Gasteiger partial charge < -0.3 is 4.23 Å². The molecule has 0 bridgehead atoms. The fourth-order valence-electron chi connectivity index (χ4n) is 0.334. The summed E-state index contributed by atoms with van der Waals surface area (Å²) in [4.78, 5) is 0. The highest BCUT2D eigenvalue weighted by molar-refractivity contribution is 6.82. The zero-order chi connectivity index (χ0) is 7.49. The van der Waals surface area contributed by atoms with Gasteiger partial charge in [-0.2, -0.15) is 0 Å². The Morgan fingerprint density at radius 3 is 2.00 bits per heavy atom. The van der Waals surface area contributed by atoms with Crippen LogP contribution in [0.15, 0.2) is 25.1 Å². The second-order valence-corrected chi connectivity index (χ2v) is 7.54. The lowest BCUT2D eigenvalue weighted by molar-refractivity contribution is 0.915. The molecule has 3 heteroatoms. The fraction of sp³-hybridized carbons (Fsp3) is 0.333. The van der Waals surface area contributed by atoms with Crippen molar-refractivity contribution >= 4 is 18.6 Å². The van der Waals surface area contributed by atoms with Gasteiger partial charge in [0.05, 0.1) is 0 Å². The first-order valence-corrected chi connectivity index (χ1v) is 6.28. The number of nitrogens with zero attached hydrogens (tertiary/aromatic N) is 1. The first kappa shape index (κ1) is 8.71. The second-order valence-electron chi connectivity index (χ2n) is 2.41. The van der Waals surface area contributed by atoms with Crippen LogP contribution in [0.4, 0.5) is 0 Å². The third-order valence-electron chi connectivity index (χ3n) is 1.30. The maximum atomic E-state index is 3.74. The molecule has 0 aromatic rings. The molecule has 0 fully saturated rings. The van der Waals surface area contributed by atoms with Crippen molar-refractivity contribution in [3.8, 4) is 0 Å². The van der Waals surface area contributed by atoms with Crippen LogP contribution in [0.25, 0.3) is 0 Å². The van der Waals surface area contributed by atoms with Crippen LogP contribution >= 0.6 is 0 Å². The third kappa shape index (κ3) is 2.19. The molecule has 0 amide bonds. The molecule has 0 saturated carbocycles. The molecule has 1 nitrogen and oxygen atoms in total. The van der Waals surface area contributed by atoms with E-state index in [9.17, 15) is 0 Å². The highest BCUT2D eigenvalue weighted by Gasteiger charge is 2.18. The maximum absolute atomic E-state index is 3.74. The Bertz CT molecular complexity index is 120. The van der Waals surface area contributed by atoms with E-state index in [1.54, 1.807) is 6.20 Å². The third-order valence-corrected chi connectivity index (χ3v) is 5.64. The van der Waals surface area contributed by atoms with E-state index in [1.807, 2.05) is 9.93 Å². The zero-order valence-electron chi connectivity index (χ0n) is 6.02. The van der Waals surface area contributed by atoms with Crippen LogP contribution in [0.3, 0.4) is 0 Å². The highest BCUT2D eigenvalue weighted by Crippen LogP contribution is 2.06. The summed E-state index contributed by atoms with van der Waals surface area (Å²) in [6, 6.07) is 0. The van der Waals surface area contributed by atoms with E-state index in [2.05, 4.69) is 36.7 Å². The van der Waals surface area contributed by atoms with Gasteiger partial charge in [0.15, 0.2) is 18.6 Å². The average molecular weight is 154 g/mol. The second kappa shape index (κ2) is 3.03. The number of hydrogen-bond donors (Lipinski definition) is 0. The van der Waals surface area contributed by atoms with Crippen LogP contribution < -0.4 is 0 Å². The van der Waals surface area contributed by atoms with Crippen molar-refractivity contribution in [2.75, 3.05) is 0 Å². The van der Waals surface area contributed by atoms with Crippen molar-refractivity contribution in [3.63, 3.8) is 0 Å². The van der Waals surface area contributed by atoms with Crippen LogP contribution in [0.2, 0.25) is 13.1 Å². The molecule has 0 aliphatic heterocycles. The van der Waals surface area contributed by atoms with Gasteiger partial charge in [0.25, 0.3) is 0 Å². The van der Waals surface area contributed by atoms with Gasteiger partial charge in [0.1, 0.15) is 0 Å². The summed E-state index contributed by atoms with van der Waals surface area (Å²) in [6.07, 6.45) is 1.77. The number of rotatable bonds is 3. The molecule has 0 rings (SSSR count). The lowest BCUT2D eigenvalue weighted by Crippen LogP contribution is -2.41. The minimum Gasteiger partial charge on any atom is -0.430 e. The minimum absolute atomic E-state index is 1.39. The molecule has 0 unspecified atom stereocenters. The Morgan fingerprint density at radius 1 is 1.44 bits per heavy atom. The van der Waals surface area contributed by atoms with Crippen LogP contribution in [0, 0.1) is 0 Å². The van der Waals surface area contributed by atoms with E-state index in [1.165, 1.54) is 0 Å². The molecule has 0 heterocycles. The standard InChI is InChI=1S/C6H12NSi2/c1-5-7(8)9(3,4)6-2/h5-6H,1-2H2,3-4H3. The Morgan fingerprint density at radius 2 is 1.89 bits per heavy atom. The average Bonchev–Trinajstić information content (AvgIpc) is 1.86. The monoisotopic (exact) mass is 154 g/mol. The van der Waals surface area contributed by atoms with E-state index < -0.39 is 8.24 Å². The molecule has 0 saturated heterocycles. The summed E-state index contributed by atoms with van der Waals surface area (Å²) < 4.78 is 1.96. The molecule has 3 radical (unpaired) electrons. The Balaban J connectivity index is 4.11. The first-order chi connectivity index (χ1) is 4.04. The normalized spacial score (nSPS) is 10.6. The van der Waals surface area contributed by atoms with Gasteiger partial charge in [0.2, 0.25) is 0 Å². The summed E-state index contributed by atoms with van der Waals surface area (Å²) in [5.74, 6) is 0.